The van der Waals surface area contributed by atoms with Crippen LogP contribution in [0, 0.1) is 31.6 Å². The van der Waals surface area contributed by atoms with Crippen molar-refractivity contribution in [2.75, 3.05) is 11.3 Å². The van der Waals surface area contributed by atoms with Gasteiger partial charge in [0.1, 0.15) is 12.2 Å². The minimum atomic E-state index is -0.977. The molecule has 50 heavy (non-hydrogen) atoms. The Bertz CT molecular complexity index is 1680. The quantitative estimate of drug-likeness (QED) is 0.136. The highest BCUT2D eigenvalue weighted by Crippen LogP contribution is 2.56. The third-order valence-electron chi connectivity index (χ3n) is 9.35. The summed E-state index contributed by atoms with van der Waals surface area (Å²) in [5.41, 5.74) is 5.01. The number of aryl methyl sites for hydroxylation is 2. The number of aromatic carboxylic acids is 1. The lowest BCUT2D eigenvalue weighted by Crippen LogP contribution is -2.62. The molecule has 0 saturated heterocycles. The molecule has 3 aromatic rings. The van der Waals surface area contributed by atoms with E-state index in [0.717, 1.165) is 64.9 Å². The van der Waals surface area contributed by atoms with E-state index in [4.69, 9.17) is 19.4 Å². The summed E-state index contributed by atoms with van der Waals surface area (Å²) in [4.78, 5) is 34.2. The first-order valence-corrected chi connectivity index (χ1v) is 18.3. The number of rotatable bonds is 12. The molecule has 2 aliphatic carbocycles. The van der Waals surface area contributed by atoms with E-state index in [9.17, 15) is 14.7 Å². The van der Waals surface area contributed by atoms with E-state index in [1.165, 1.54) is 11.9 Å². The molecule has 1 spiro atoms. The zero-order chi connectivity index (χ0) is 36.4. The Balaban J connectivity index is 1.29. The molecule has 2 saturated carbocycles. The Hall–Kier alpha value is -3.83. The molecule has 1 heterocycles. The predicted molar refractivity (Wildman–Crippen MR) is 199 cm³/mol. The number of nitrogens with zero attached hydrogens (tertiary/aromatic N) is 2. The predicted octanol–water partition coefficient (Wildman–Crippen LogP) is 8.50. The van der Waals surface area contributed by atoms with Crippen molar-refractivity contribution in [2.45, 2.75) is 123 Å². The summed E-state index contributed by atoms with van der Waals surface area (Å²) >= 11 is 1.26. The van der Waals surface area contributed by atoms with Crippen LogP contribution in [0.25, 0.3) is 11.3 Å². The molecule has 1 aromatic heterocycles. The normalized spacial score (nSPS) is 20.7. The zero-order valence-electron chi connectivity index (χ0n) is 30.9. The number of aromatic nitrogens is 2. The third kappa shape index (κ3) is 9.69. The number of alkyl carbamates (subject to hydrolysis) is 1. The van der Waals surface area contributed by atoms with Crippen molar-refractivity contribution in [3.63, 3.8) is 0 Å². The molecule has 0 bridgehead atoms. The molecule has 4 N–H and O–H groups in total. The maximum absolute atomic E-state index is 12.2. The lowest BCUT2D eigenvalue weighted by atomic mass is 9.52. The van der Waals surface area contributed by atoms with E-state index in [1.807, 2.05) is 39.8 Å². The topological polar surface area (TPSA) is 135 Å². The molecular weight excluding hydrogens is 651 g/mol. The smallest absolute Gasteiger partial charge is 0.407 e. The Labute approximate surface area is 301 Å². The van der Waals surface area contributed by atoms with E-state index in [2.05, 4.69) is 62.1 Å². The van der Waals surface area contributed by atoms with Crippen molar-refractivity contribution in [3.05, 3.63) is 64.7 Å². The molecule has 2 aromatic carbocycles. The number of benzene rings is 2. The molecule has 0 radical (unpaired) electrons. The second kappa shape index (κ2) is 14.8. The average Bonchev–Trinajstić information content (AvgIpc) is 2.96. The molecule has 10 nitrogen and oxygen atoms in total. The highest BCUT2D eigenvalue weighted by atomic mass is 32.2. The van der Waals surface area contributed by atoms with Gasteiger partial charge >= 0.3 is 12.1 Å². The second-order valence-electron chi connectivity index (χ2n) is 16.4. The fourth-order valence-electron chi connectivity index (χ4n) is 7.33. The van der Waals surface area contributed by atoms with Gasteiger partial charge in [-0.2, -0.15) is 4.98 Å². The van der Waals surface area contributed by atoms with Crippen LogP contribution in [-0.2, 0) is 4.74 Å². The number of carboxylic acids is 1. The standard InChI is InChI=1S/C39H53N5O5S/c1-23-12-10-13-24(2)31(23)32-25(3)33(43-35(42-32)44-50-30-15-11-14-26(16-30)34(45)46)48-22-29(17-37(4,5)6)40-27-18-39(19-27)20-28(21-39)41-36(47)49-38(7,8)9/h10-16,27-29,40H,17-22H2,1-9H3,(H,41,47)(H,45,46)(H,42,43,44). The summed E-state index contributed by atoms with van der Waals surface area (Å²) in [5.74, 6) is -0.0785. The molecule has 11 heteroatoms. The van der Waals surface area contributed by atoms with Gasteiger partial charge in [0.25, 0.3) is 0 Å². The van der Waals surface area contributed by atoms with Gasteiger partial charge in [0.05, 0.1) is 11.3 Å². The minimum absolute atomic E-state index is 0.0827. The van der Waals surface area contributed by atoms with E-state index < -0.39 is 11.6 Å². The van der Waals surface area contributed by atoms with Crippen molar-refractivity contribution in [2.24, 2.45) is 10.8 Å². The number of hydrogen-bond donors (Lipinski definition) is 4. The van der Waals surface area contributed by atoms with E-state index in [0.29, 0.717) is 24.5 Å². The first-order chi connectivity index (χ1) is 23.4. The largest absolute Gasteiger partial charge is 0.478 e. The SMILES string of the molecule is Cc1cccc(C)c1-c1nc(NSc2cccc(C(=O)O)c2)nc(OCC(CC(C)(C)C)NC2CC3(CC(NC(=O)OC(C)(C)C)C3)C2)c1C. The monoisotopic (exact) mass is 703 g/mol. The van der Waals surface area contributed by atoms with Gasteiger partial charge in [-0.1, -0.05) is 45.0 Å². The number of carboxylic acid groups (broad SMARTS) is 1. The summed E-state index contributed by atoms with van der Waals surface area (Å²) in [5, 5.41) is 16.4. The van der Waals surface area contributed by atoms with Crippen LogP contribution in [0.5, 0.6) is 5.88 Å². The summed E-state index contributed by atoms with van der Waals surface area (Å²) in [6, 6.07) is 13.6. The van der Waals surface area contributed by atoms with Crippen LogP contribution in [-0.4, -0.2) is 57.5 Å². The van der Waals surface area contributed by atoms with Crippen LogP contribution in [0.3, 0.4) is 0 Å². The van der Waals surface area contributed by atoms with Crippen molar-refractivity contribution in [1.29, 1.82) is 0 Å². The fraction of sp³-hybridized carbons (Fsp3) is 0.538. The summed E-state index contributed by atoms with van der Waals surface area (Å²) < 4.78 is 15.3. The van der Waals surface area contributed by atoms with Crippen molar-refractivity contribution in [3.8, 4) is 17.1 Å². The maximum Gasteiger partial charge on any atom is 0.407 e. The van der Waals surface area contributed by atoms with Gasteiger partial charge in [-0.25, -0.2) is 14.6 Å². The summed E-state index contributed by atoms with van der Waals surface area (Å²) in [7, 11) is 0. The molecule has 1 atom stereocenters. The molecule has 1 amide bonds. The fourth-order valence-corrected chi connectivity index (χ4v) is 7.96. The van der Waals surface area contributed by atoms with Gasteiger partial charge in [-0.3, -0.25) is 4.72 Å². The number of amides is 1. The first-order valence-electron chi connectivity index (χ1n) is 17.5. The molecule has 5 rings (SSSR count). The van der Waals surface area contributed by atoms with Crippen LogP contribution in [0.1, 0.15) is 101 Å². The molecule has 270 valence electrons. The van der Waals surface area contributed by atoms with E-state index in [1.54, 1.807) is 18.2 Å². The summed E-state index contributed by atoms with van der Waals surface area (Å²) in [6.45, 7) is 19.0. The molecule has 0 aliphatic heterocycles. The Morgan fingerprint density at radius 3 is 2.22 bits per heavy atom. The van der Waals surface area contributed by atoms with Crippen molar-refractivity contribution < 1.29 is 24.2 Å². The van der Waals surface area contributed by atoms with Crippen LogP contribution in [0.2, 0.25) is 0 Å². The van der Waals surface area contributed by atoms with Gasteiger partial charge in [-0.15, -0.1) is 0 Å². The van der Waals surface area contributed by atoms with Crippen molar-refractivity contribution in [1.82, 2.24) is 20.6 Å². The van der Waals surface area contributed by atoms with Gasteiger partial charge < -0.3 is 25.2 Å². The zero-order valence-corrected chi connectivity index (χ0v) is 31.7. The molecule has 1 unspecified atom stereocenters. The summed E-state index contributed by atoms with van der Waals surface area (Å²) in [6.07, 6.45) is 4.73. The van der Waals surface area contributed by atoms with Crippen LogP contribution in [0.15, 0.2) is 47.4 Å². The minimum Gasteiger partial charge on any atom is -0.478 e. The Morgan fingerprint density at radius 2 is 1.60 bits per heavy atom. The number of hydrogen-bond acceptors (Lipinski definition) is 9. The Kier molecular flexibility index (Phi) is 11.1. The van der Waals surface area contributed by atoms with Gasteiger partial charge in [0, 0.05) is 34.1 Å². The average molecular weight is 704 g/mol. The lowest BCUT2D eigenvalue weighted by molar-refractivity contribution is -0.0382. The van der Waals surface area contributed by atoms with Gasteiger partial charge in [-0.05, 0) is 126 Å². The highest BCUT2D eigenvalue weighted by molar-refractivity contribution is 8.00. The van der Waals surface area contributed by atoms with Crippen molar-refractivity contribution >= 4 is 30.0 Å². The second-order valence-corrected chi connectivity index (χ2v) is 17.3. The molecular formula is C39H53N5O5S. The molecule has 2 fully saturated rings. The first kappa shape index (κ1) is 37.4. The number of nitrogens with one attached hydrogen (secondary N) is 3. The van der Waals surface area contributed by atoms with E-state index >= 15 is 0 Å². The van der Waals surface area contributed by atoms with Gasteiger partial charge in [0.15, 0.2) is 0 Å². The number of carbonyl (C=O) groups is 2. The number of carbonyl (C=O) groups excluding carboxylic acids is 1. The third-order valence-corrected chi connectivity index (χ3v) is 10.1. The maximum atomic E-state index is 12.2. The van der Waals surface area contributed by atoms with E-state index in [-0.39, 0.29) is 34.6 Å². The van der Waals surface area contributed by atoms with Crippen LogP contribution in [0.4, 0.5) is 10.7 Å². The van der Waals surface area contributed by atoms with Crippen LogP contribution < -0.4 is 20.1 Å². The molecule has 2 aliphatic rings. The number of ether oxygens (including phenoxy) is 2. The van der Waals surface area contributed by atoms with Crippen LogP contribution >= 0.6 is 11.9 Å². The lowest BCUT2D eigenvalue weighted by Gasteiger charge is -2.58. The van der Waals surface area contributed by atoms with Gasteiger partial charge in [0.2, 0.25) is 11.8 Å². The highest BCUT2D eigenvalue weighted by Gasteiger charge is 2.53. The number of anilines is 1. The Morgan fingerprint density at radius 1 is 0.960 bits per heavy atom.